The van der Waals surface area contributed by atoms with Crippen LogP contribution in [0.3, 0.4) is 0 Å². The summed E-state index contributed by atoms with van der Waals surface area (Å²) in [4.78, 5) is 7.17. The van der Waals surface area contributed by atoms with Crippen LogP contribution in [0.2, 0.25) is 0 Å². The average Bonchev–Trinajstić information content (AvgIpc) is 2.74. The van der Waals surface area contributed by atoms with Gasteiger partial charge in [-0.1, -0.05) is 6.07 Å². The first kappa shape index (κ1) is 12.6. The van der Waals surface area contributed by atoms with Crippen LogP contribution in [-0.4, -0.2) is 40.6 Å². The van der Waals surface area contributed by atoms with Gasteiger partial charge in [-0.15, -0.1) is 0 Å². The summed E-state index contributed by atoms with van der Waals surface area (Å²) in [5.41, 5.74) is 3.70. The summed E-state index contributed by atoms with van der Waals surface area (Å²) in [6, 6.07) is 7.16. The van der Waals surface area contributed by atoms with E-state index in [9.17, 15) is 0 Å². The zero-order valence-corrected chi connectivity index (χ0v) is 12.0. The van der Waals surface area contributed by atoms with Crippen molar-refractivity contribution in [1.82, 2.24) is 19.8 Å². The summed E-state index contributed by atoms with van der Waals surface area (Å²) in [5.74, 6) is 1.07. The summed E-state index contributed by atoms with van der Waals surface area (Å²) in [7, 11) is 2.07. The lowest BCUT2D eigenvalue weighted by Crippen LogP contribution is -2.44. The first-order chi connectivity index (χ1) is 9.16. The second kappa shape index (κ2) is 4.94. The smallest absolute Gasteiger partial charge is 0.106 e. The molecule has 102 valence electrons. The van der Waals surface area contributed by atoms with Crippen LogP contribution < -0.4 is 5.32 Å². The second-order valence-corrected chi connectivity index (χ2v) is 5.43. The minimum atomic E-state index is 0.466. The van der Waals surface area contributed by atoms with Crippen molar-refractivity contribution in [2.75, 3.05) is 26.2 Å². The zero-order valence-electron chi connectivity index (χ0n) is 12.0. The van der Waals surface area contributed by atoms with Crippen molar-refractivity contribution in [2.45, 2.75) is 19.9 Å². The van der Waals surface area contributed by atoms with Crippen molar-refractivity contribution < 1.29 is 0 Å². The number of piperazine rings is 1. The highest BCUT2D eigenvalue weighted by Gasteiger charge is 2.18. The molecule has 0 aliphatic carbocycles. The standard InChI is InChI=1S/C15H22N4/c1-11(19-8-6-16-7-9-19)13-4-5-15-14(10-13)17-12(2)18(15)3/h4-5,10-11,16H,6-9H2,1-3H3. The normalized spacial score (nSPS) is 18.9. The fraction of sp³-hybridized carbons (Fsp3) is 0.533. The van der Waals surface area contributed by atoms with Crippen LogP contribution in [0, 0.1) is 6.92 Å². The van der Waals surface area contributed by atoms with Gasteiger partial charge in [0.1, 0.15) is 5.82 Å². The molecule has 0 spiro atoms. The van der Waals surface area contributed by atoms with Gasteiger partial charge in [-0.25, -0.2) is 4.98 Å². The van der Waals surface area contributed by atoms with E-state index < -0.39 is 0 Å². The number of nitrogens with zero attached hydrogens (tertiary/aromatic N) is 3. The third-order valence-electron chi connectivity index (χ3n) is 4.31. The van der Waals surface area contributed by atoms with Gasteiger partial charge < -0.3 is 9.88 Å². The summed E-state index contributed by atoms with van der Waals surface area (Å²) in [6.45, 7) is 8.78. The molecule has 4 heteroatoms. The highest BCUT2D eigenvalue weighted by molar-refractivity contribution is 5.76. The molecule has 1 aliphatic heterocycles. The number of imidazole rings is 1. The number of nitrogens with one attached hydrogen (secondary N) is 1. The molecule has 1 N–H and O–H groups in total. The molecule has 1 saturated heterocycles. The number of hydrogen-bond acceptors (Lipinski definition) is 3. The molecule has 3 rings (SSSR count). The second-order valence-electron chi connectivity index (χ2n) is 5.43. The lowest BCUT2D eigenvalue weighted by atomic mass is 10.1. The fourth-order valence-electron chi connectivity index (χ4n) is 2.88. The van der Waals surface area contributed by atoms with Crippen LogP contribution in [0.4, 0.5) is 0 Å². The van der Waals surface area contributed by atoms with E-state index in [1.54, 1.807) is 0 Å². The zero-order chi connectivity index (χ0) is 13.4. The van der Waals surface area contributed by atoms with Gasteiger partial charge in [0.25, 0.3) is 0 Å². The maximum absolute atomic E-state index is 4.63. The van der Waals surface area contributed by atoms with Crippen molar-refractivity contribution in [3.63, 3.8) is 0 Å². The number of benzene rings is 1. The van der Waals surface area contributed by atoms with E-state index >= 15 is 0 Å². The molecule has 1 aliphatic rings. The molecule has 0 saturated carbocycles. The van der Waals surface area contributed by atoms with E-state index in [1.165, 1.54) is 11.1 Å². The van der Waals surface area contributed by atoms with E-state index in [0.29, 0.717) is 6.04 Å². The Bertz CT molecular complexity index is 581. The van der Waals surface area contributed by atoms with Crippen molar-refractivity contribution >= 4 is 11.0 Å². The Balaban J connectivity index is 1.91. The predicted molar refractivity (Wildman–Crippen MR) is 78.3 cm³/mol. The molecule has 19 heavy (non-hydrogen) atoms. The summed E-state index contributed by atoms with van der Waals surface area (Å²) >= 11 is 0. The van der Waals surface area contributed by atoms with Crippen LogP contribution in [0.1, 0.15) is 24.4 Å². The molecular weight excluding hydrogens is 236 g/mol. The van der Waals surface area contributed by atoms with Crippen LogP contribution in [0.5, 0.6) is 0 Å². The summed E-state index contributed by atoms with van der Waals surface area (Å²) in [6.07, 6.45) is 0. The Kier molecular flexibility index (Phi) is 3.29. The van der Waals surface area contributed by atoms with E-state index in [2.05, 4.69) is 58.9 Å². The van der Waals surface area contributed by atoms with Gasteiger partial charge in [-0.3, -0.25) is 4.90 Å². The third kappa shape index (κ3) is 2.26. The van der Waals surface area contributed by atoms with Gasteiger partial charge >= 0.3 is 0 Å². The van der Waals surface area contributed by atoms with Gasteiger partial charge in [-0.05, 0) is 31.5 Å². The highest BCUT2D eigenvalue weighted by Crippen LogP contribution is 2.24. The van der Waals surface area contributed by atoms with Crippen LogP contribution in [0.15, 0.2) is 18.2 Å². The molecule has 1 aromatic carbocycles. The van der Waals surface area contributed by atoms with Gasteiger partial charge in [0, 0.05) is 39.3 Å². The molecule has 0 radical (unpaired) electrons. The Morgan fingerprint density at radius 2 is 2.00 bits per heavy atom. The molecule has 2 aromatic rings. The van der Waals surface area contributed by atoms with Gasteiger partial charge in [-0.2, -0.15) is 0 Å². The highest BCUT2D eigenvalue weighted by atomic mass is 15.2. The molecular formula is C15H22N4. The van der Waals surface area contributed by atoms with Crippen molar-refractivity contribution in [1.29, 1.82) is 0 Å². The van der Waals surface area contributed by atoms with E-state index in [1.807, 2.05) is 0 Å². The lowest BCUT2D eigenvalue weighted by molar-refractivity contribution is 0.185. The van der Waals surface area contributed by atoms with Crippen LogP contribution in [-0.2, 0) is 7.05 Å². The average molecular weight is 258 g/mol. The number of aryl methyl sites for hydroxylation is 2. The van der Waals surface area contributed by atoms with E-state index in [0.717, 1.165) is 37.5 Å². The number of rotatable bonds is 2. The topological polar surface area (TPSA) is 33.1 Å². The summed E-state index contributed by atoms with van der Waals surface area (Å²) < 4.78 is 2.15. The van der Waals surface area contributed by atoms with Crippen molar-refractivity contribution in [3.8, 4) is 0 Å². The largest absolute Gasteiger partial charge is 0.331 e. The molecule has 1 aromatic heterocycles. The molecule has 2 heterocycles. The lowest BCUT2D eigenvalue weighted by Gasteiger charge is -2.33. The Labute approximate surface area is 114 Å². The van der Waals surface area contributed by atoms with Crippen molar-refractivity contribution in [3.05, 3.63) is 29.6 Å². The molecule has 1 atom stereocenters. The molecule has 0 bridgehead atoms. The first-order valence-corrected chi connectivity index (χ1v) is 7.04. The van der Waals surface area contributed by atoms with E-state index in [4.69, 9.17) is 0 Å². The molecule has 1 unspecified atom stereocenters. The maximum atomic E-state index is 4.63. The minimum Gasteiger partial charge on any atom is -0.331 e. The van der Waals surface area contributed by atoms with Crippen LogP contribution in [0.25, 0.3) is 11.0 Å². The minimum absolute atomic E-state index is 0.466. The predicted octanol–water partition coefficient (Wildman–Crippen LogP) is 1.85. The number of aromatic nitrogens is 2. The van der Waals surface area contributed by atoms with Crippen molar-refractivity contribution in [2.24, 2.45) is 7.05 Å². The third-order valence-corrected chi connectivity index (χ3v) is 4.31. The SMILES string of the molecule is Cc1nc2cc(C(C)N3CCNCC3)ccc2n1C. The maximum Gasteiger partial charge on any atom is 0.106 e. The molecule has 1 fully saturated rings. The number of fused-ring (bicyclic) bond motifs is 1. The Hall–Kier alpha value is -1.39. The van der Waals surface area contributed by atoms with Gasteiger partial charge in [0.2, 0.25) is 0 Å². The quantitative estimate of drug-likeness (QED) is 0.892. The van der Waals surface area contributed by atoms with Crippen LogP contribution >= 0.6 is 0 Å². The molecule has 0 amide bonds. The van der Waals surface area contributed by atoms with Gasteiger partial charge in [0.05, 0.1) is 11.0 Å². The monoisotopic (exact) mass is 258 g/mol. The Morgan fingerprint density at radius 3 is 2.74 bits per heavy atom. The molecule has 4 nitrogen and oxygen atoms in total. The number of hydrogen-bond donors (Lipinski definition) is 1. The summed E-state index contributed by atoms with van der Waals surface area (Å²) in [5, 5.41) is 3.40. The fourth-order valence-corrected chi connectivity index (χ4v) is 2.88. The van der Waals surface area contributed by atoms with E-state index in [-0.39, 0.29) is 0 Å². The Morgan fingerprint density at radius 1 is 1.26 bits per heavy atom. The van der Waals surface area contributed by atoms with Gasteiger partial charge in [0.15, 0.2) is 0 Å². The first-order valence-electron chi connectivity index (χ1n) is 7.04.